The number of rotatable bonds is 4. The topological polar surface area (TPSA) is 77.8 Å². The molecule has 5 heteroatoms. The van der Waals surface area contributed by atoms with Gasteiger partial charge in [-0.1, -0.05) is 0 Å². The van der Waals surface area contributed by atoms with Gasteiger partial charge >= 0.3 is 7.60 Å². The number of aliphatic hydroxyl groups is 1. The maximum atomic E-state index is 10.1. The lowest BCUT2D eigenvalue weighted by Crippen LogP contribution is -1.89. The van der Waals surface area contributed by atoms with Crippen molar-refractivity contribution in [1.29, 1.82) is 0 Å². The molecule has 0 saturated carbocycles. The molecular formula is C4H11O4P. The Hall–Kier alpha value is 0.110. The second-order valence-corrected chi connectivity index (χ2v) is 3.60. The molecule has 3 N–H and O–H groups in total. The molecule has 56 valence electrons. The standard InChI is InChI=1S/C4H11O4P/c5-3-1-2-4-9(6,7)8/h5H,1-4H2,(H2,6,7,8). The van der Waals surface area contributed by atoms with Crippen LogP contribution < -0.4 is 0 Å². The molecule has 0 aromatic heterocycles. The minimum Gasteiger partial charge on any atom is -0.396 e. The molecule has 0 aliphatic heterocycles. The predicted molar refractivity (Wildman–Crippen MR) is 33.2 cm³/mol. The minimum absolute atomic E-state index is 0. The summed E-state index contributed by atoms with van der Waals surface area (Å²) in [6, 6.07) is 0. The summed E-state index contributed by atoms with van der Waals surface area (Å²) in [5, 5.41) is 8.21. The molecule has 0 radical (unpaired) electrons. The third kappa shape index (κ3) is 8.11. The van der Waals surface area contributed by atoms with Crippen LogP contribution in [0.5, 0.6) is 0 Å². The van der Waals surface area contributed by atoms with Gasteiger partial charge in [-0.3, -0.25) is 4.57 Å². The van der Waals surface area contributed by atoms with Crippen LogP contribution in [-0.4, -0.2) is 27.7 Å². The van der Waals surface area contributed by atoms with Crippen molar-refractivity contribution in [3.8, 4) is 0 Å². The Labute approximate surface area is 53.7 Å². The second kappa shape index (κ2) is 4.01. The maximum absolute atomic E-state index is 10.1. The highest BCUT2D eigenvalue weighted by Crippen LogP contribution is 2.35. The van der Waals surface area contributed by atoms with E-state index in [4.69, 9.17) is 14.9 Å². The highest BCUT2D eigenvalue weighted by Gasteiger charge is 2.10. The van der Waals surface area contributed by atoms with Crippen LogP contribution in [0.4, 0.5) is 0 Å². The Bertz CT molecular complexity index is 107. The van der Waals surface area contributed by atoms with Gasteiger partial charge in [0.1, 0.15) is 0 Å². The van der Waals surface area contributed by atoms with Crippen molar-refractivity contribution < 1.29 is 19.5 Å². The first-order valence-corrected chi connectivity index (χ1v) is 4.51. The van der Waals surface area contributed by atoms with E-state index < -0.39 is 7.60 Å². The summed E-state index contributed by atoms with van der Waals surface area (Å²) in [6.45, 7) is 0. The van der Waals surface area contributed by atoms with Crippen LogP contribution in [0.3, 0.4) is 0 Å². The summed E-state index contributed by atoms with van der Waals surface area (Å²) in [5.41, 5.74) is 0. The van der Waals surface area contributed by atoms with Crippen LogP contribution in [0, 0.1) is 0 Å². The lowest BCUT2D eigenvalue weighted by Gasteiger charge is -2.00. The van der Waals surface area contributed by atoms with E-state index in [1.165, 1.54) is 0 Å². The van der Waals surface area contributed by atoms with E-state index in [-0.39, 0.29) is 12.8 Å². The van der Waals surface area contributed by atoms with Gasteiger partial charge in [-0.15, -0.1) is 0 Å². The van der Waals surface area contributed by atoms with Gasteiger partial charge in [0.15, 0.2) is 0 Å². The van der Waals surface area contributed by atoms with Gasteiger partial charge in [-0.05, 0) is 12.8 Å². The van der Waals surface area contributed by atoms with Crippen molar-refractivity contribution in [2.24, 2.45) is 0 Å². The van der Waals surface area contributed by atoms with Gasteiger partial charge in [-0.25, -0.2) is 0 Å². The molecule has 0 aromatic rings. The molecular weight excluding hydrogens is 143 g/mol. The van der Waals surface area contributed by atoms with E-state index in [0.717, 1.165) is 0 Å². The molecule has 0 aliphatic carbocycles. The van der Waals surface area contributed by atoms with Crippen molar-refractivity contribution in [2.75, 3.05) is 12.8 Å². The Morgan fingerprint density at radius 3 is 2.11 bits per heavy atom. The first-order chi connectivity index (χ1) is 4.06. The first kappa shape index (κ1) is 9.11. The molecule has 4 nitrogen and oxygen atoms in total. The van der Waals surface area contributed by atoms with Crippen molar-refractivity contribution in [1.82, 2.24) is 0 Å². The Balaban J connectivity index is 3.18. The SMILES string of the molecule is O=P(O)(O)CCCCO. The first-order valence-electron chi connectivity index (χ1n) is 2.72. The summed E-state index contributed by atoms with van der Waals surface area (Å²) in [6.07, 6.45) is 0.736. The average molecular weight is 154 g/mol. The summed E-state index contributed by atoms with van der Waals surface area (Å²) in [4.78, 5) is 16.5. The van der Waals surface area contributed by atoms with Gasteiger partial charge in [0.05, 0.1) is 0 Å². The molecule has 0 atom stereocenters. The van der Waals surface area contributed by atoms with E-state index >= 15 is 0 Å². The Kier molecular flexibility index (Phi) is 4.06. The summed E-state index contributed by atoms with van der Waals surface area (Å²) < 4.78 is 10.1. The van der Waals surface area contributed by atoms with Crippen LogP contribution in [0.25, 0.3) is 0 Å². The van der Waals surface area contributed by atoms with E-state index in [2.05, 4.69) is 0 Å². The summed E-state index contributed by atoms with van der Waals surface area (Å²) >= 11 is 0. The molecule has 0 saturated heterocycles. The van der Waals surface area contributed by atoms with Gasteiger partial charge in [0, 0.05) is 12.8 Å². The van der Waals surface area contributed by atoms with Crippen LogP contribution in [0.2, 0.25) is 0 Å². The second-order valence-electron chi connectivity index (χ2n) is 1.82. The summed E-state index contributed by atoms with van der Waals surface area (Å²) in [5.74, 6) is 0. The van der Waals surface area contributed by atoms with E-state index in [0.29, 0.717) is 12.8 Å². The van der Waals surface area contributed by atoms with Crippen LogP contribution in [-0.2, 0) is 4.57 Å². The van der Waals surface area contributed by atoms with Crippen molar-refractivity contribution >= 4 is 7.60 Å². The number of hydrogen-bond donors (Lipinski definition) is 3. The monoisotopic (exact) mass is 154 g/mol. The molecule has 9 heavy (non-hydrogen) atoms. The van der Waals surface area contributed by atoms with Crippen molar-refractivity contribution in [2.45, 2.75) is 12.8 Å². The normalized spacial score (nSPS) is 11.9. The molecule has 0 rings (SSSR count). The van der Waals surface area contributed by atoms with Crippen LogP contribution in [0.1, 0.15) is 12.8 Å². The molecule has 0 heterocycles. The highest BCUT2D eigenvalue weighted by molar-refractivity contribution is 7.51. The molecule has 0 amide bonds. The smallest absolute Gasteiger partial charge is 0.325 e. The van der Waals surface area contributed by atoms with Crippen LogP contribution >= 0.6 is 7.60 Å². The fraction of sp³-hybridized carbons (Fsp3) is 1.00. The number of hydrogen-bond acceptors (Lipinski definition) is 2. The largest absolute Gasteiger partial charge is 0.396 e. The third-order valence-corrected chi connectivity index (χ3v) is 1.76. The number of aliphatic hydroxyl groups excluding tert-OH is 1. The molecule has 0 spiro atoms. The third-order valence-electron chi connectivity index (χ3n) is 0.858. The minimum atomic E-state index is -3.81. The molecule has 0 aromatic carbocycles. The van der Waals surface area contributed by atoms with Gasteiger partial charge in [0.2, 0.25) is 0 Å². The summed E-state index contributed by atoms with van der Waals surface area (Å²) in [7, 11) is -3.81. The lowest BCUT2D eigenvalue weighted by molar-refractivity contribution is 0.285. The molecule has 0 aliphatic rings. The van der Waals surface area contributed by atoms with Gasteiger partial charge in [0.25, 0.3) is 0 Å². The van der Waals surface area contributed by atoms with Crippen molar-refractivity contribution in [3.63, 3.8) is 0 Å². The zero-order chi connectivity index (χ0) is 7.33. The van der Waals surface area contributed by atoms with E-state index in [1.807, 2.05) is 0 Å². The van der Waals surface area contributed by atoms with Gasteiger partial charge < -0.3 is 14.9 Å². The molecule has 0 bridgehead atoms. The van der Waals surface area contributed by atoms with Crippen molar-refractivity contribution in [3.05, 3.63) is 0 Å². The maximum Gasteiger partial charge on any atom is 0.325 e. The molecule has 0 fully saturated rings. The highest BCUT2D eigenvalue weighted by atomic mass is 31.2. The fourth-order valence-corrected chi connectivity index (χ4v) is 1.07. The Morgan fingerprint density at radius 1 is 1.22 bits per heavy atom. The van der Waals surface area contributed by atoms with E-state index in [1.54, 1.807) is 0 Å². The van der Waals surface area contributed by atoms with Crippen LogP contribution in [0.15, 0.2) is 0 Å². The fourth-order valence-electron chi connectivity index (χ4n) is 0.430. The molecule has 0 unspecified atom stereocenters. The number of unbranched alkanes of at least 4 members (excludes halogenated alkanes) is 1. The quantitative estimate of drug-likeness (QED) is 0.391. The zero-order valence-corrected chi connectivity index (χ0v) is 5.92. The predicted octanol–water partition coefficient (Wildman–Crippen LogP) is -0.0634. The van der Waals surface area contributed by atoms with E-state index in [9.17, 15) is 4.57 Å². The Morgan fingerprint density at radius 2 is 1.78 bits per heavy atom. The zero-order valence-electron chi connectivity index (χ0n) is 5.03. The average Bonchev–Trinajstić information content (AvgIpc) is 1.63. The lowest BCUT2D eigenvalue weighted by atomic mass is 10.4. The van der Waals surface area contributed by atoms with Gasteiger partial charge in [-0.2, -0.15) is 0 Å².